The number of nitrogens with zero attached hydrogens (tertiary/aromatic N) is 1. The van der Waals surface area contributed by atoms with Crippen LogP contribution in [0.15, 0.2) is 36.5 Å². The van der Waals surface area contributed by atoms with Crippen LogP contribution in [0.25, 0.3) is 0 Å². The van der Waals surface area contributed by atoms with Gasteiger partial charge in [0, 0.05) is 6.42 Å². The third kappa shape index (κ3) is 54.5. The highest BCUT2D eigenvalue weighted by Gasteiger charge is 2.23. The number of aliphatic hydroxyl groups excluding tert-OH is 1. The number of phosphoric acid groups is 1. The number of rotatable bonds is 56. The number of aliphatic hydroxyl groups is 1. The summed E-state index contributed by atoms with van der Waals surface area (Å²) < 4.78 is 23.3. The molecule has 0 aliphatic carbocycles. The lowest BCUT2D eigenvalue weighted by Gasteiger charge is -2.29. The van der Waals surface area contributed by atoms with E-state index in [1.54, 1.807) is 6.08 Å². The molecule has 0 bridgehead atoms. The number of hydrogen-bond acceptors (Lipinski definition) is 6. The molecular weight excluding hydrogens is 888 g/mol. The molecule has 8 nitrogen and oxygen atoms in total. The molecule has 0 fully saturated rings. The van der Waals surface area contributed by atoms with Gasteiger partial charge >= 0.3 is 0 Å². The van der Waals surface area contributed by atoms with E-state index in [0.717, 1.165) is 44.9 Å². The van der Waals surface area contributed by atoms with Crippen molar-refractivity contribution >= 4 is 13.7 Å². The number of hydrogen-bond donors (Lipinski definition) is 2. The van der Waals surface area contributed by atoms with Gasteiger partial charge in [-0.05, 0) is 51.4 Å². The molecule has 9 heteroatoms. The van der Waals surface area contributed by atoms with E-state index in [1.807, 2.05) is 27.2 Å². The van der Waals surface area contributed by atoms with Crippen LogP contribution in [0.5, 0.6) is 0 Å². The number of amides is 1. The van der Waals surface area contributed by atoms with E-state index in [-0.39, 0.29) is 19.1 Å². The standard InChI is InChI=1S/C61H119N2O6P/c1-6-8-10-12-14-16-18-19-20-21-22-23-24-25-26-27-28-29-30-31-32-33-34-35-36-37-38-39-40-41-42-43-45-47-49-51-53-55-61(65)62-59(58-69-70(66,67)68-57-56-63(3,4)5)60(64)54-52-50-48-46-44-17-15-13-11-9-7-2/h26-27,29-30,52,54,59-60,64H,6-25,28,31-51,53,55-58H2,1-5H3,(H-,62,65,66,67)/b27-26-,30-29-,54-52+. The number of quaternary nitrogens is 1. The molecule has 0 saturated carbocycles. The smallest absolute Gasteiger partial charge is 0.268 e. The molecule has 3 atom stereocenters. The molecule has 0 aromatic rings. The zero-order valence-corrected chi connectivity index (χ0v) is 48.1. The van der Waals surface area contributed by atoms with Crippen molar-refractivity contribution in [2.45, 2.75) is 309 Å². The summed E-state index contributed by atoms with van der Waals surface area (Å²) in [6.07, 6.45) is 68.3. The fourth-order valence-electron chi connectivity index (χ4n) is 9.07. The van der Waals surface area contributed by atoms with E-state index in [2.05, 4.69) is 43.5 Å². The minimum absolute atomic E-state index is 0.0000129. The van der Waals surface area contributed by atoms with Crippen LogP contribution in [0.1, 0.15) is 296 Å². The highest BCUT2D eigenvalue weighted by atomic mass is 31.2. The summed E-state index contributed by atoms with van der Waals surface area (Å²) in [5.74, 6) is -0.196. The number of carbonyl (C=O) groups excluding carboxylic acids is 1. The molecule has 414 valence electrons. The summed E-state index contributed by atoms with van der Waals surface area (Å²) in [5.41, 5.74) is 0. The molecule has 0 aliphatic heterocycles. The van der Waals surface area contributed by atoms with Crippen LogP contribution in [-0.2, 0) is 18.4 Å². The molecule has 0 radical (unpaired) electrons. The van der Waals surface area contributed by atoms with E-state index in [9.17, 15) is 19.4 Å². The fraction of sp³-hybridized carbons (Fsp3) is 0.885. The van der Waals surface area contributed by atoms with Gasteiger partial charge in [0.2, 0.25) is 5.91 Å². The SMILES string of the molecule is CCCCCCCCCCC/C=C/C(O)C(COP(=O)([O-])OCC[N+](C)(C)C)NC(=O)CCCCCCCCCCCCCCCCCCC/C=C\C/C=C\CCCCCCCCCCCCCCC. The summed E-state index contributed by atoms with van der Waals surface area (Å²) in [6.45, 7) is 4.66. The Labute approximate surface area is 436 Å². The number of likely N-dealkylation sites (N-methyl/N-ethyl adjacent to an activating group) is 1. The van der Waals surface area contributed by atoms with Crippen LogP contribution >= 0.6 is 7.82 Å². The zero-order chi connectivity index (χ0) is 51.3. The third-order valence-electron chi connectivity index (χ3n) is 13.8. The van der Waals surface area contributed by atoms with E-state index < -0.39 is 20.0 Å². The number of nitrogens with one attached hydrogen (secondary N) is 1. The molecule has 0 spiro atoms. The summed E-state index contributed by atoms with van der Waals surface area (Å²) in [4.78, 5) is 25.4. The second-order valence-corrected chi connectivity index (χ2v) is 23.5. The Hall–Kier alpha value is -1.28. The Kier molecular flexibility index (Phi) is 51.6. The molecule has 0 heterocycles. The van der Waals surface area contributed by atoms with Crippen molar-refractivity contribution in [1.82, 2.24) is 5.32 Å². The monoisotopic (exact) mass is 1010 g/mol. The average Bonchev–Trinajstić information content (AvgIpc) is 3.32. The van der Waals surface area contributed by atoms with Crippen LogP contribution in [0, 0.1) is 0 Å². The minimum atomic E-state index is -4.59. The van der Waals surface area contributed by atoms with Gasteiger partial charge < -0.3 is 28.8 Å². The van der Waals surface area contributed by atoms with Crippen molar-refractivity contribution in [3.63, 3.8) is 0 Å². The first kappa shape index (κ1) is 68.7. The zero-order valence-electron chi connectivity index (χ0n) is 47.2. The van der Waals surface area contributed by atoms with Gasteiger partial charge in [-0.15, -0.1) is 0 Å². The topological polar surface area (TPSA) is 108 Å². The van der Waals surface area contributed by atoms with E-state index in [0.29, 0.717) is 17.4 Å². The first-order chi connectivity index (χ1) is 34.0. The molecule has 0 saturated heterocycles. The van der Waals surface area contributed by atoms with Gasteiger partial charge in [-0.1, -0.05) is 275 Å². The van der Waals surface area contributed by atoms with Crippen molar-refractivity contribution in [2.75, 3.05) is 40.9 Å². The number of allylic oxidation sites excluding steroid dienone is 5. The summed E-state index contributed by atoms with van der Waals surface area (Å²) in [5, 5.41) is 13.8. The molecule has 70 heavy (non-hydrogen) atoms. The lowest BCUT2D eigenvalue weighted by Crippen LogP contribution is -2.45. The first-order valence-electron chi connectivity index (χ1n) is 30.4. The molecule has 3 unspecified atom stereocenters. The summed E-state index contributed by atoms with van der Waals surface area (Å²) in [6, 6.07) is -0.884. The predicted octanol–water partition coefficient (Wildman–Crippen LogP) is 17.9. The van der Waals surface area contributed by atoms with Crippen molar-refractivity contribution in [1.29, 1.82) is 0 Å². The van der Waals surface area contributed by atoms with Gasteiger partial charge in [0.1, 0.15) is 13.2 Å². The van der Waals surface area contributed by atoms with Crippen molar-refractivity contribution < 1.29 is 32.9 Å². The largest absolute Gasteiger partial charge is 0.756 e. The van der Waals surface area contributed by atoms with Crippen LogP contribution in [0.3, 0.4) is 0 Å². The molecule has 1 amide bonds. The lowest BCUT2D eigenvalue weighted by atomic mass is 10.0. The second kappa shape index (κ2) is 52.6. The molecule has 2 N–H and O–H groups in total. The van der Waals surface area contributed by atoms with E-state index in [1.165, 1.54) is 231 Å². The van der Waals surface area contributed by atoms with Crippen LogP contribution in [-0.4, -0.2) is 68.5 Å². The maximum Gasteiger partial charge on any atom is 0.268 e. The minimum Gasteiger partial charge on any atom is -0.756 e. The molecular formula is C61H119N2O6P. The highest BCUT2D eigenvalue weighted by Crippen LogP contribution is 2.38. The molecule has 0 aliphatic rings. The summed E-state index contributed by atoms with van der Waals surface area (Å²) in [7, 11) is 1.27. The fourth-order valence-corrected chi connectivity index (χ4v) is 9.79. The molecule has 0 aromatic carbocycles. The maximum atomic E-state index is 12.9. The summed E-state index contributed by atoms with van der Waals surface area (Å²) >= 11 is 0. The third-order valence-corrected chi connectivity index (χ3v) is 14.8. The quantitative estimate of drug-likeness (QED) is 0.0272. The van der Waals surface area contributed by atoms with E-state index in [4.69, 9.17) is 9.05 Å². The Morgan fingerprint density at radius 1 is 0.500 bits per heavy atom. The van der Waals surface area contributed by atoms with Gasteiger partial charge in [-0.2, -0.15) is 0 Å². The lowest BCUT2D eigenvalue weighted by molar-refractivity contribution is -0.870. The van der Waals surface area contributed by atoms with Gasteiger partial charge in [-0.25, -0.2) is 0 Å². The molecule has 0 rings (SSSR count). The normalized spacial score (nSPS) is 14.1. The van der Waals surface area contributed by atoms with Gasteiger partial charge in [-0.3, -0.25) is 9.36 Å². The predicted molar refractivity (Wildman–Crippen MR) is 302 cm³/mol. The Morgan fingerprint density at radius 2 is 0.829 bits per heavy atom. The number of phosphoric ester groups is 1. The van der Waals surface area contributed by atoms with Gasteiger partial charge in [0.05, 0.1) is 39.9 Å². The van der Waals surface area contributed by atoms with Gasteiger partial charge in [0.25, 0.3) is 7.82 Å². The van der Waals surface area contributed by atoms with Crippen LogP contribution in [0.4, 0.5) is 0 Å². The van der Waals surface area contributed by atoms with Crippen LogP contribution < -0.4 is 10.2 Å². The number of carbonyl (C=O) groups is 1. The van der Waals surface area contributed by atoms with Crippen molar-refractivity contribution in [3.05, 3.63) is 36.5 Å². The Balaban J connectivity index is 3.89. The molecule has 0 aromatic heterocycles. The Morgan fingerprint density at radius 3 is 1.19 bits per heavy atom. The van der Waals surface area contributed by atoms with Crippen molar-refractivity contribution in [2.24, 2.45) is 0 Å². The van der Waals surface area contributed by atoms with Gasteiger partial charge in [0.15, 0.2) is 0 Å². The Bertz CT molecular complexity index is 1230. The highest BCUT2D eigenvalue weighted by molar-refractivity contribution is 7.45. The van der Waals surface area contributed by atoms with Crippen molar-refractivity contribution in [3.8, 4) is 0 Å². The maximum absolute atomic E-state index is 12.9. The average molecular weight is 1010 g/mol. The van der Waals surface area contributed by atoms with Crippen LogP contribution in [0.2, 0.25) is 0 Å². The second-order valence-electron chi connectivity index (χ2n) is 22.1. The van der Waals surface area contributed by atoms with E-state index >= 15 is 0 Å². The first-order valence-corrected chi connectivity index (χ1v) is 31.8. The number of unbranched alkanes of at least 4 members (excludes halogenated alkanes) is 39.